The molecule has 1 atom stereocenters. The van der Waals surface area contributed by atoms with Gasteiger partial charge in [0.2, 0.25) is 0 Å². The van der Waals surface area contributed by atoms with Crippen LogP contribution in [0, 0.1) is 5.92 Å². The molecule has 2 aromatic rings. The number of hydrogen-bond acceptors (Lipinski definition) is 5. The molecule has 1 aromatic carbocycles. The summed E-state index contributed by atoms with van der Waals surface area (Å²) in [4.78, 5) is 27.2. The number of benzene rings is 1. The Kier molecular flexibility index (Phi) is 6.77. The predicted molar refractivity (Wildman–Crippen MR) is 115 cm³/mol. The highest BCUT2D eigenvalue weighted by atomic mass is 16.5. The lowest BCUT2D eigenvalue weighted by Crippen LogP contribution is -2.39. The second-order valence-electron chi connectivity index (χ2n) is 8.50. The molecule has 0 amide bonds. The van der Waals surface area contributed by atoms with Gasteiger partial charge < -0.3 is 14.4 Å². The Bertz CT molecular complexity index is 933. The molecular formula is C24H30N2O4. The number of Topliss-reactive ketones (excluding diaryl/α,β-unsaturated/α-hetero) is 1. The van der Waals surface area contributed by atoms with Crippen molar-refractivity contribution in [2.75, 3.05) is 26.3 Å². The summed E-state index contributed by atoms with van der Waals surface area (Å²) < 4.78 is 6.83. The maximum absolute atomic E-state index is 12.5. The molecule has 0 saturated carbocycles. The minimum Gasteiger partial charge on any atom is -0.390 e. The first-order valence-electron chi connectivity index (χ1n) is 10.9. The zero-order valence-electron chi connectivity index (χ0n) is 17.3. The van der Waals surface area contributed by atoms with E-state index < -0.39 is 6.10 Å². The Balaban J connectivity index is 1.32. The maximum Gasteiger partial charge on any atom is 0.251 e. The molecule has 0 spiro atoms. The van der Waals surface area contributed by atoms with Gasteiger partial charge in [0.25, 0.3) is 5.56 Å². The van der Waals surface area contributed by atoms with Crippen LogP contribution < -0.4 is 5.56 Å². The lowest BCUT2D eigenvalue weighted by Gasteiger charge is -2.30. The molecule has 4 rings (SSSR count). The summed E-state index contributed by atoms with van der Waals surface area (Å²) in [7, 11) is 0. The van der Waals surface area contributed by atoms with Gasteiger partial charge in [-0.1, -0.05) is 24.3 Å². The lowest BCUT2D eigenvalue weighted by molar-refractivity contribution is 0.0601. The highest BCUT2D eigenvalue weighted by Crippen LogP contribution is 2.21. The van der Waals surface area contributed by atoms with Gasteiger partial charge >= 0.3 is 0 Å². The Hall–Kier alpha value is -2.28. The van der Waals surface area contributed by atoms with E-state index in [9.17, 15) is 14.7 Å². The van der Waals surface area contributed by atoms with Crippen LogP contribution >= 0.6 is 0 Å². The maximum atomic E-state index is 12.5. The smallest absolute Gasteiger partial charge is 0.251 e. The molecule has 6 nitrogen and oxygen atoms in total. The predicted octanol–water partition coefficient (Wildman–Crippen LogP) is 2.27. The van der Waals surface area contributed by atoms with Gasteiger partial charge in [0.15, 0.2) is 5.78 Å². The number of rotatable bonds is 7. The van der Waals surface area contributed by atoms with Crippen LogP contribution in [0.25, 0.3) is 0 Å². The van der Waals surface area contributed by atoms with Crippen LogP contribution in [-0.4, -0.2) is 52.8 Å². The van der Waals surface area contributed by atoms with Crippen LogP contribution in [0.4, 0.5) is 0 Å². The molecule has 0 bridgehead atoms. The largest absolute Gasteiger partial charge is 0.390 e. The van der Waals surface area contributed by atoms with Crippen molar-refractivity contribution in [1.29, 1.82) is 0 Å². The van der Waals surface area contributed by atoms with E-state index in [1.165, 1.54) is 21.8 Å². The van der Waals surface area contributed by atoms with E-state index in [1.807, 2.05) is 6.07 Å². The van der Waals surface area contributed by atoms with Crippen molar-refractivity contribution in [2.45, 2.75) is 44.9 Å². The SMILES string of the molecule is O=C(CC1CCOCC1)c1ccn(CC(O)CN2CCc3ccccc3C2)c(=O)c1. The van der Waals surface area contributed by atoms with Gasteiger partial charge in [0.1, 0.15) is 0 Å². The number of ether oxygens (including phenoxy) is 1. The number of aromatic nitrogens is 1. The van der Waals surface area contributed by atoms with Crippen LogP contribution in [0.5, 0.6) is 0 Å². The van der Waals surface area contributed by atoms with Crippen molar-refractivity contribution in [3.63, 3.8) is 0 Å². The summed E-state index contributed by atoms with van der Waals surface area (Å²) in [6, 6.07) is 11.5. The second kappa shape index (κ2) is 9.69. The van der Waals surface area contributed by atoms with Crippen molar-refractivity contribution in [1.82, 2.24) is 9.47 Å². The average Bonchev–Trinajstić information content (AvgIpc) is 2.75. The second-order valence-corrected chi connectivity index (χ2v) is 8.50. The van der Waals surface area contributed by atoms with Gasteiger partial charge in [0.05, 0.1) is 12.6 Å². The zero-order chi connectivity index (χ0) is 20.9. The van der Waals surface area contributed by atoms with Crippen LogP contribution in [0.2, 0.25) is 0 Å². The average molecular weight is 411 g/mol. The molecule has 1 fully saturated rings. The van der Waals surface area contributed by atoms with Crippen LogP contribution in [0.15, 0.2) is 47.4 Å². The summed E-state index contributed by atoms with van der Waals surface area (Å²) in [5.41, 5.74) is 2.90. The Morgan fingerprint density at radius 1 is 1.13 bits per heavy atom. The molecule has 2 aliphatic rings. The van der Waals surface area contributed by atoms with Gasteiger partial charge in [-0.2, -0.15) is 0 Å². The molecule has 6 heteroatoms. The Labute approximate surface area is 177 Å². The van der Waals surface area contributed by atoms with Gasteiger partial charge in [-0.15, -0.1) is 0 Å². The molecule has 2 aliphatic heterocycles. The van der Waals surface area contributed by atoms with Gasteiger partial charge in [0, 0.05) is 57.1 Å². The number of fused-ring (bicyclic) bond motifs is 1. The third kappa shape index (κ3) is 5.25. The third-order valence-corrected chi connectivity index (χ3v) is 6.22. The Morgan fingerprint density at radius 2 is 1.90 bits per heavy atom. The quantitative estimate of drug-likeness (QED) is 0.709. The zero-order valence-corrected chi connectivity index (χ0v) is 17.3. The van der Waals surface area contributed by atoms with Crippen molar-refractivity contribution < 1.29 is 14.6 Å². The first-order chi connectivity index (χ1) is 14.6. The van der Waals surface area contributed by atoms with E-state index >= 15 is 0 Å². The molecule has 1 saturated heterocycles. The third-order valence-electron chi connectivity index (χ3n) is 6.22. The molecular weight excluding hydrogens is 380 g/mol. The number of pyridine rings is 1. The normalized spacial score (nSPS) is 18.7. The molecule has 1 aromatic heterocycles. The standard InChI is InChI=1S/C24H30N2O4/c27-22(16-25-9-5-19-3-1-2-4-21(19)15-25)17-26-10-6-20(14-24(26)29)23(28)13-18-7-11-30-12-8-18/h1-4,6,10,14,18,22,27H,5,7-9,11-13,15-17H2. The molecule has 1 unspecified atom stereocenters. The number of aliphatic hydroxyl groups excluding tert-OH is 1. The van der Waals surface area contributed by atoms with E-state index in [0.717, 1.165) is 32.4 Å². The fourth-order valence-corrected chi connectivity index (χ4v) is 4.46. The van der Waals surface area contributed by atoms with Crippen LogP contribution in [0.1, 0.15) is 40.7 Å². The number of ketones is 1. The molecule has 3 heterocycles. The summed E-state index contributed by atoms with van der Waals surface area (Å²) in [6.45, 7) is 3.89. The summed E-state index contributed by atoms with van der Waals surface area (Å²) >= 11 is 0. The lowest BCUT2D eigenvalue weighted by atomic mass is 9.92. The van der Waals surface area contributed by atoms with E-state index in [4.69, 9.17) is 4.74 Å². The number of carbonyl (C=O) groups is 1. The van der Waals surface area contributed by atoms with Gasteiger partial charge in [-0.05, 0) is 42.4 Å². The van der Waals surface area contributed by atoms with Crippen molar-refractivity contribution >= 4 is 5.78 Å². The fraction of sp³-hybridized carbons (Fsp3) is 0.500. The number of nitrogens with zero attached hydrogens (tertiary/aromatic N) is 2. The number of hydrogen-bond donors (Lipinski definition) is 1. The summed E-state index contributed by atoms with van der Waals surface area (Å²) in [5, 5.41) is 10.5. The Morgan fingerprint density at radius 3 is 2.67 bits per heavy atom. The topological polar surface area (TPSA) is 71.8 Å². The molecule has 0 aliphatic carbocycles. The van der Waals surface area contributed by atoms with Crippen molar-refractivity contribution in [3.05, 3.63) is 69.6 Å². The minimum atomic E-state index is -0.642. The van der Waals surface area contributed by atoms with Gasteiger partial charge in [-0.25, -0.2) is 0 Å². The minimum absolute atomic E-state index is 0.0127. The van der Waals surface area contributed by atoms with Crippen LogP contribution in [-0.2, 0) is 24.2 Å². The van der Waals surface area contributed by atoms with Crippen molar-refractivity contribution in [3.8, 4) is 0 Å². The highest BCUT2D eigenvalue weighted by molar-refractivity contribution is 5.96. The number of aliphatic hydroxyl groups is 1. The molecule has 30 heavy (non-hydrogen) atoms. The first kappa shape index (κ1) is 21.0. The van der Waals surface area contributed by atoms with E-state index in [1.54, 1.807) is 12.3 Å². The van der Waals surface area contributed by atoms with E-state index in [-0.39, 0.29) is 17.9 Å². The first-order valence-corrected chi connectivity index (χ1v) is 10.9. The molecule has 0 radical (unpaired) electrons. The monoisotopic (exact) mass is 410 g/mol. The van der Waals surface area contributed by atoms with E-state index in [0.29, 0.717) is 37.7 Å². The summed E-state index contributed by atoms with van der Waals surface area (Å²) in [6.07, 6.45) is 4.23. The number of β-amino-alcohol motifs (C(OH)–C–C–N with tert-alkyl or cyclic N) is 1. The summed E-state index contributed by atoms with van der Waals surface area (Å²) in [5.74, 6) is 0.351. The van der Waals surface area contributed by atoms with Crippen molar-refractivity contribution in [2.24, 2.45) is 5.92 Å². The number of carbonyl (C=O) groups excluding carboxylic acids is 1. The molecule has 160 valence electrons. The molecule has 1 N–H and O–H groups in total. The van der Waals surface area contributed by atoms with E-state index in [2.05, 4.69) is 23.1 Å². The fourth-order valence-electron chi connectivity index (χ4n) is 4.46. The van der Waals surface area contributed by atoms with Crippen LogP contribution in [0.3, 0.4) is 0 Å². The van der Waals surface area contributed by atoms with Gasteiger partial charge in [-0.3, -0.25) is 14.5 Å². The highest BCUT2D eigenvalue weighted by Gasteiger charge is 2.20.